The summed E-state index contributed by atoms with van der Waals surface area (Å²) < 4.78 is 11.4. The number of hydrogen-bond donors (Lipinski definition) is 2. The number of likely N-dealkylation sites (tertiary alicyclic amines) is 1. The van der Waals surface area contributed by atoms with Crippen LogP contribution in [0.2, 0.25) is 0 Å². The third kappa shape index (κ3) is 5.98. The van der Waals surface area contributed by atoms with E-state index in [1.54, 1.807) is 6.26 Å². The van der Waals surface area contributed by atoms with Crippen LogP contribution in [-0.4, -0.2) is 48.6 Å². The third-order valence-electron chi connectivity index (χ3n) is 5.64. The first-order valence-electron chi connectivity index (χ1n) is 11.2. The molecule has 4 rings (SSSR count). The second-order valence-electron chi connectivity index (χ2n) is 8.11. The molecule has 1 aliphatic carbocycles. The summed E-state index contributed by atoms with van der Waals surface area (Å²) in [6, 6.07) is 8.22. The molecule has 0 aromatic carbocycles. The number of aromatic nitrogens is 1. The predicted molar refractivity (Wildman–Crippen MR) is 118 cm³/mol. The summed E-state index contributed by atoms with van der Waals surface area (Å²) in [5.41, 5.74) is 1.06. The Morgan fingerprint density at radius 2 is 2.13 bits per heavy atom. The lowest BCUT2D eigenvalue weighted by molar-refractivity contribution is 0.215. The quantitative estimate of drug-likeness (QED) is 0.461. The van der Waals surface area contributed by atoms with Gasteiger partial charge in [0.1, 0.15) is 5.76 Å². The highest BCUT2D eigenvalue weighted by Crippen LogP contribution is 2.29. The molecule has 2 aromatic rings. The molecule has 2 aromatic heterocycles. The lowest BCUT2D eigenvalue weighted by Crippen LogP contribution is -2.42. The van der Waals surface area contributed by atoms with Crippen molar-refractivity contribution in [1.82, 2.24) is 20.5 Å². The second-order valence-corrected chi connectivity index (χ2v) is 8.11. The van der Waals surface area contributed by atoms with Crippen molar-refractivity contribution >= 4 is 5.96 Å². The van der Waals surface area contributed by atoms with E-state index >= 15 is 0 Å². The van der Waals surface area contributed by atoms with Gasteiger partial charge in [0.2, 0.25) is 5.88 Å². The number of aliphatic imine (C=N–C) groups is 1. The minimum atomic E-state index is 0.218. The molecule has 1 unspecified atom stereocenters. The van der Waals surface area contributed by atoms with Crippen molar-refractivity contribution in [3.63, 3.8) is 0 Å². The molecule has 1 aliphatic heterocycles. The molecule has 1 atom stereocenters. The van der Waals surface area contributed by atoms with Gasteiger partial charge in [-0.2, -0.15) is 0 Å². The zero-order chi connectivity index (χ0) is 20.6. The number of furan rings is 1. The number of guanidine groups is 1. The minimum Gasteiger partial charge on any atom is -0.477 e. The first-order valence-corrected chi connectivity index (χ1v) is 11.2. The molecule has 162 valence electrons. The normalized spacial score (nSPS) is 18.4. The van der Waals surface area contributed by atoms with Gasteiger partial charge in [0.25, 0.3) is 0 Å². The number of hydrogen-bond acceptors (Lipinski definition) is 5. The number of pyridine rings is 1. The first-order chi connectivity index (χ1) is 14.8. The molecule has 7 nitrogen and oxygen atoms in total. The summed E-state index contributed by atoms with van der Waals surface area (Å²) in [6.45, 7) is 7.23. The van der Waals surface area contributed by atoms with E-state index in [1.807, 2.05) is 24.4 Å². The van der Waals surface area contributed by atoms with Crippen molar-refractivity contribution in [1.29, 1.82) is 0 Å². The SMILES string of the molecule is CCNC(=NCc1ccc(OCC2CC2)nc1)NCC(c1ccco1)N1CCCC1. The summed E-state index contributed by atoms with van der Waals surface area (Å²) in [5, 5.41) is 6.84. The Morgan fingerprint density at radius 1 is 1.27 bits per heavy atom. The monoisotopic (exact) mass is 411 g/mol. The van der Waals surface area contributed by atoms with Crippen LogP contribution in [-0.2, 0) is 6.54 Å². The smallest absolute Gasteiger partial charge is 0.213 e. The van der Waals surface area contributed by atoms with E-state index in [4.69, 9.17) is 14.1 Å². The van der Waals surface area contributed by atoms with E-state index in [-0.39, 0.29) is 6.04 Å². The van der Waals surface area contributed by atoms with Crippen LogP contribution >= 0.6 is 0 Å². The molecule has 0 amide bonds. The number of ether oxygens (including phenoxy) is 1. The highest BCUT2D eigenvalue weighted by atomic mass is 16.5. The maximum absolute atomic E-state index is 5.72. The summed E-state index contributed by atoms with van der Waals surface area (Å²) in [5.74, 6) is 3.25. The van der Waals surface area contributed by atoms with Gasteiger partial charge in [-0.3, -0.25) is 4.90 Å². The van der Waals surface area contributed by atoms with Gasteiger partial charge < -0.3 is 19.8 Å². The van der Waals surface area contributed by atoms with Crippen molar-refractivity contribution in [2.24, 2.45) is 10.9 Å². The van der Waals surface area contributed by atoms with E-state index in [2.05, 4.69) is 33.5 Å². The van der Waals surface area contributed by atoms with Crippen molar-refractivity contribution in [3.8, 4) is 5.88 Å². The van der Waals surface area contributed by atoms with Gasteiger partial charge >= 0.3 is 0 Å². The van der Waals surface area contributed by atoms with Crippen molar-refractivity contribution in [2.75, 3.05) is 32.8 Å². The van der Waals surface area contributed by atoms with Crippen LogP contribution in [0.25, 0.3) is 0 Å². The summed E-state index contributed by atoms with van der Waals surface area (Å²) in [4.78, 5) is 11.6. The molecule has 7 heteroatoms. The van der Waals surface area contributed by atoms with E-state index in [1.165, 1.54) is 25.7 Å². The Kier molecular flexibility index (Phi) is 7.24. The van der Waals surface area contributed by atoms with Gasteiger partial charge in [0.15, 0.2) is 5.96 Å². The van der Waals surface area contributed by atoms with Crippen molar-refractivity contribution in [3.05, 3.63) is 48.0 Å². The van der Waals surface area contributed by atoms with Gasteiger partial charge in [-0.1, -0.05) is 6.07 Å². The highest BCUT2D eigenvalue weighted by molar-refractivity contribution is 5.79. The molecular formula is C23H33N5O2. The topological polar surface area (TPSA) is 74.9 Å². The Balaban J connectivity index is 1.33. The van der Waals surface area contributed by atoms with E-state index in [0.717, 1.165) is 56.0 Å². The first kappa shape index (κ1) is 20.7. The van der Waals surface area contributed by atoms with E-state index < -0.39 is 0 Å². The Hall–Kier alpha value is -2.54. The standard InChI is InChI=1S/C23H33N5O2/c1-2-24-23(26-15-19-9-10-22(25-14-19)30-17-18-7-8-18)27-16-20(21-6-5-13-29-21)28-11-3-4-12-28/h5-6,9-10,13-14,18,20H,2-4,7-8,11-12,15-17H2,1H3,(H2,24,26,27). The fraction of sp³-hybridized carbons (Fsp3) is 0.565. The molecule has 3 heterocycles. The molecule has 1 saturated carbocycles. The second kappa shape index (κ2) is 10.5. The maximum atomic E-state index is 5.72. The minimum absolute atomic E-state index is 0.218. The Morgan fingerprint density at radius 3 is 2.80 bits per heavy atom. The van der Waals surface area contributed by atoms with Gasteiger partial charge in [-0.15, -0.1) is 0 Å². The lowest BCUT2D eigenvalue weighted by Gasteiger charge is -2.26. The molecule has 30 heavy (non-hydrogen) atoms. The van der Waals surface area contributed by atoms with Gasteiger partial charge in [0, 0.05) is 25.4 Å². The summed E-state index contributed by atoms with van der Waals surface area (Å²) in [7, 11) is 0. The Labute approximate surface area is 178 Å². The van der Waals surface area contributed by atoms with Crippen molar-refractivity contribution in [2.45, 2.75) is 45.2 Å². The molecule has 1 saturated heterocycles. The fourth-order valence-electron chi connectivity index (χ4n) is 3.73. The van der Waals surface area contributed by atoms with Crippen LogP contribution in [0, 0.1) is 5.92 Å². The highest BCUT2D eigenvalue weighted by Gasteiger charge is 2.25. The number of nitrogens with one attached hydrogen (secondary N) is 2. The molecule has 0 spiro atoms. The average Bonchev–Trinajstić information content (AvgIpc) is 3.19. The van der Waals surface area contributed by atoms with Crippen LogP contribution in [0.4, 0.5) is 0 Å². The zero-order valence-corrected chi connectivity index (χ0v) is 17.8. The van der Waals surface area contributed by atoms with Crippen LogP contribution < -0.4 is 15.4 Å². The third-order valence-corrected chi connectivity index (χ3v) is 5.64. The summed E-state index contributed by atoms with van der Waals surface area (Å²) >= 11 is 0. The van der Waals surface area contributed by atoms with Gasteiger partial charge in [-0.25, -0.2) is 9.98 Å². The number of nitrogens with zero attached hydrogens (tertiary/aromatic N) is 3. The van der Waals surface area contributed by atoms with Gasteiger partial charge in [-0.05, 0) is 69.3 Å². The van der Waals surface area contributed by atoms with Crippen LogP contribution in [0.3, 0.4) is 0 Å². The van der Waals surface area contributed by atoms with Crippen LogP contribution in [0.5, 0.6) is 5.88 Å². The Bertz CT molecular complexity index is 780. The summed E-state index contributed by atoms with van der Waals surface area (Å²) in [6.07, 6.45) is 8.67. The molecule has 0 radical (unpaired) electrons. The van der Waals surface area contributed by atoms with Gasteiger partial charge in [0.05, 0.1) is 25.5 Å². The van der Waals surface area contributed by atoms with Crippen molar-refractivity contribution < 1.29 is 9.15 Å². The van der Waals surface area contributed by atoms with E-state index in [9.17, 15) is 0 Å². The van der Waals surface area contributed by atoms with E-state index in [0.29, 0.717) is 12.4 Å². The van der Waals surface area contributed by atoms with Crippen LogP contribution in [0.15, 0.2) is 46.1 Å². The lowest BCUT2D eigenvalue weighted by atomic mass is 10.2. The molecule has 2 N–H and O–H groups in total. The molecule has 2 fully saturated rings. The fourth-order valence-corrected chi connectivity index (χ4v) is 3.73. The zero-order valence-electron chi connectivity index (χ0n) is 17.8. The largest absolute Gasteiger partial charge is 0.477 e. The van der Waals surface area contributed by atoms with Crippen LogP contribution in [0.1, 0.15) is 50.0 Å². The molecule has 2 aliphatic rings. The molecular weight excluding hydrogens is 378 g/mol. The molecule has 0 bridgehead atoms. The number of rotatable bonds is 10. The average molecular weight is 412 g/mol. The predicted octanol–water partition coefficient (Wildman–Crippen LogP) is 3.36. The maximum Gasteiger partial charge on any atom is 0.213 e.